The minimum absolute atomic E-state index is 0.00413. The third-order valence-electron chi connectivity index (χ3n) is 4.25. The highest BCUT2D eigenvalue weighted by molar-refractivity contribution is 5.39. The molecule has 0 fully saturated rings. The summed E-state index contributed by atoms with van der Waals surface area (Å²) in [5, 5.41) is 0. The van der Waals surface area contributed by atoms with Crippen LogP contribution in [0.2, 0.25) is 0 Å². The van der Waals surface area contributed by atoms with Crippen molar-refractivity contribution in [2.45, 2.75) is 46.1 Å². The lowest BCUT2D eigenvalue weighted by Gasteiger charge is -2.26. The van der Waals surface area contributed by atoms with Gasteiger partial charge in [0, 0.05) is 12.0 Å². The SMILES string of the molecule is CCC=C(C)C(N)C(c1ccc(C)cc1)c1cccc(C)c1. The Kier molecular flexibility index (Phi) is 5.57. The molecular weight excluding hydrogens is 266 g/mol. The first-order valence-electron chi connectivity index (χ1n) is 8.08. The summed E-state index contributed by atoms with van der Waals surface area (Å²) in [6.07, 6.45) is 3.26. The van der Waals surface area contributed by atoms with Crippen LogP contribution >= 0.6 is 0 Å². The van der Waals surface area contributed by atoms with E-state index < -0.39 is 0 Å². The maximum Gasteiger partial charge on any atom is 0.0362 e. The first kappa shape index (κ1) is 16.5. The fraction of sp³-hybridized carbons (Fsp3) is 0.333. The van der Waals surface area contributed by atoms with Crippen LogP contribution in [0.25, 0.3) is 0 Å². The first-order valence-corrected chi connectivity index (χ1v) is 8.08. The molecule has 2 N–H and O–H groups in total. The zero-order chi connectivity index (χ0) is 16.1. The molecule has 0 amide bonds. The van der Waals surface area contributed by atoms with Gasteiger partial charge in [-0.25, -0.2) is 0 Å². The van der Waals surface area contributed by atoms with Gasteiger partial charge in [0.25, 0.3) is 0 Å². The van der Waals surface area contributed by atoms with Gasteiger partial charge in [0.1, 0.15) is 0 Å². The van der Waals surface area contributed by atoms with E-state index in [0.717, 1.165) is 6.42 Å². The predicted molar refractivity (Wildman–Crippen MR) is 96.2 cm³/mol. The highest BCUT2D eigenvalue weighted by Crippen LogP contribution is 2.31. The Labute approximate surface area is 134 Å². The molecule has 0 aromatic heterocycles. The zero-order valence-electron chi connectivity index (χ0n) is 14.1. The molecule has 2 aromatic rings. The molecule has 0 bridgehead atoms. The maximum atomic E-state index is 6.63. The third-order valence-corrected chi connectivity index (χ3v) is 4.25. The number of benzene rings is 2. The Hall–Kier alpha value is -1.86. The van der Waals surface area contributed by atoms with Crippen LogP contribution in [0.4, 0.5) is 0 Å². The Morgan fingerprint density at radius 3 is 2.27 bits per heavy atom. The summed E-state index contributed by atoms with van der Waals surface area (Å²) in [4.78, 5) is 0. The molecule has 116 valence electrons. The standard InChI is InChI=1S/C21H27N/c1-5-7-17(4)21(22)20(18-12-10-15(2)11-13-18)19-9-6-8-16(3)14-19/h6-14,20-21H,5,22H2,1-4H3. The van der Waals surface area contributed by atoms with Crippen molar-refractivity contribution in [3.05, 3.63) is 82.4 Å². The van der Waals surface area contributed by atoms with E-state index in [-0.39, 0.29) is 12.0 Å². The second kappa shape index (κ2) is 7.42. The van der Waals surface area contributed by atoms with Crippen LogP contribution in [0.3, 0.4) is 0 Å². The Bertz CT molecular complexity index is 637. The van der Waals surface area contributed by atoms with Gasteiger partial charge in [-0.2, -0.15) is 0 Å². The molecule has 0 radical (unpaired) electrons. The molecule has 0 heterocycles. The smallest absolute Gasteiger partial charge is 0.0362 e. The van der Waals surface area contributed by atoms with E-state index in [1.165, 1.54) is 27.8 Å². The second-order valence-electron chi connectivity index (χ2n) is 6.18. The summed E-state index contributed by atoms with van der Waals surface area (Å²) in [6, 6.07) is 17.5. The summed E-state index contributed by atoms with van der Waals surface area (Å²) >= 11 is 0. The van der Waals surface area contributed by atoms with E-state index in [2.05, 4.69) is 82.3 Å². The number of rotatable bonds is 5. The van der Waals surface area contributed by atoms with E-state index in [4.69, 9.17) is 5.73 Å². The molecule has 0 aliphatic rings. The van der Waals surface area contributed by atoms with Crippen molar-refractivity contribution >= 4 is 0 Å². The van der Waals surface area contributed by atoms with Crippen molar-refractivity contribution in [1.29, 1.82) is 0 Å². The topological polar surface area (TPSA) is 26.0 Å². The largest absolute Gasteiger partial charge is 0.323 e. The van der Waals surface area contributed by atoms with Gasteiger partial charge >= 0.3 is 0 Å². The van der Waals surface area contributed by atoms with Crippen LogP contribution in [-0.4, -0.2) is 6.04 Å². The maximum absolute atomic E-state index is 6.63. The molecule has 2 atom stereocenters. The molecule has 0 aliphatic carbocycles. The van der Waals surface area contributed by atoms with Gasteiger partial charge in [0.15, 0.2) is 0 Å². The number of allylic oxidation sites excluding steroid dienone is 1. The molecule has 1 nitrogen and oxygen atoms in total. The van der Waals surface area contributed by atoms with E-state index in [1.54, 1.807) is 0 Å². The van der Waals surface area contributed by atoms with E-state index in [0.29, 0.717) is 0 Å². The van der Waals surface area contributed by atoms with Crippen LogP contribution in [0, 0.1) is 13.8 Å². The van der Waals surface area contributed by atoms with Gasteiger partial charge in [-0.05, 0) is 38.3 Å². The number of aryl methyl sites for hydroxylation is 2. The Morgan fingerprint density at radius 1 is 1.00 bits per heavy atom. The fourth-order valence-electron chi connectivity index (χ4n) is 2.97. The minimum atomic E-state index is 0.00413. The van der Waals surface area contributed by atoms with Crippen LogP contribution in [0.1, 0.15) is 48.4 Å². The minimum Gasteiger partial charge on any atom is -0.323 e. The molecule has 2 unspecified atom stereocenters. The summed E-state index contributed by atoms with van der Waals surface area (Å²) in [5.41, 5.74) is 13.0. The average molecular weight is 293 g/mol. The van der Waals surface area contributed by atoms with Crippen molar-refractivity contribution in [1.82, 2.24) is 0 Å². The summed E-state index contributed by atoms with van der Waals surface area (Å²) in [6.45, 7) is 8.55. The predicted octanol–water partition coefficient (Wildman–Crippen LogP) is 5.12. The Balaban J connectivity index is 2.49. The molecule has 0 spiro atoms. The Morgan fingerprint density at radius 2 is 1.68 bits per heavy atom. The van der Waals surface area contributed by atoms with Crippen LogP contribution in [0.5, 0.6) is 0 Å². The fourth-order valence-corrected chi connectivity index (χ4v) is 2.97. The van der Waals surface area contributed by atoms with E-state index in [1.807, 2.05) is 0 Å². The zero-order valence-corrected chi connectivity index (χ0v) is 14.1. The van der Waals surface area contributed by atoms with Gasteiger partial charge in [-0.15, -0.1) is 0 Å². The van der Waals surface area contributed by atoms with E-state index >= 15 is 0 Å². The van der Waals surface area contributed by atoms with Crippen LogP contribution < -0.4 is 5.73 Å². The molecule has 22 heavy (non-hydrogen) atoms. The lowest BCUT2D eigenvalue weighted by Crippen LogP contribution is -2.30. The molecule has 2 aromatic carbocycles. The summed E-state index contributed by atoms with van der Waals surface area (Å²) < 4.78 is 0. The molecule has 2 rings (SSSR count). The van der Waals surface area contributed by atoms with Crippen LogP contribution in [-0.2, 0) is 0 Å². The van der Waals surface area contributed by atoms with Crippen molar-refractivity contribution in [2.24, 2.45) is 5.73 Å². The van der Waals surface area contributed by atoms with Gasteiger partial charge in [-0.1, -0.05) is 78.2 Å². The van der Waals surface area contributed by atoms with Crippen molar-refractivity contribution in [2.75, 3.05) is 0 Å². The van der Waals surface area contributed by atoms with Crippen molar-refractivity contribution in [3.8, 4) is 0 Å². The lowest BCUT2D eigenvalue weighted by atomic mass is 9.81. The number of hydrogen-bond donors (Lipinski definition) is 1. The summed E-state index contributed by atoms with van der Waals surface area (Å²) in [7, 11) is 0. The molecule has 0 saturated heterocycles. The first-order chi connectivity index (χ1) is 10.5. The quantitative estimate of drug-likeness (QED) is 0.761. The lowest BCUT2D eigenvalue weighted by molar-refractivity contribution is 0.664. The van der Waals surface area contributed by atoms with Gasteiger partial charge in [0.2, 0.25) is 0 Å². The van der Waals surface area contributed by atoms with Crippen molar-refractivity contribution < 1.29 is 0 Å². The molecule has 0 aliphatic heterocycles. The summed E-state index contributed by atoms with van der Waals surface area (Å²) in [5.74, 6) is 0.198. The van der Waals surface area contributed by atoms with E-state index in [9.17, 15) is 0 Å². The monoisotopic (exact) mass is 293 g/mol. The van der Waals surface area contributed by atoms with Crippen molar-refractivity contribution in [3.63, 3.8) is 0 Å². The highest BCUT2D eigenvalue weighted by atomic mass is 14.7. The third kappa shape index (κ3) is 3.86. The molecule has 1 heteroatoms. The second-order valence-corrected chi connectivity index (χ2v) is 6.18. The average Bonchev–Trinajstić information content (AvgIpc) is 2.50. The number of hydrogen-bond acceptors (Lipinski definition) is 1. The number of nitrogens with two attached hydrogens (primary N) is 1. The molecule has 0 saturated carbocycles. The van der Waals surface area contributed by atoms with Gasteiger partial charge in [-0.3, -0.25) is 0 Å². The van der Waals surface area contributed by atoms with Gasteiger partial charge < -0.3 is 5.73 Å². The van der Waals surface area contributed by atoms with Gasteiger partial charge in [0.05, 0.1) is 0 Å². The normalized spacial score (nSPS) is 14.7. The van der Waals surface area contributed by atoms with Crippen LogP contribution in [0.15, 0.2) is 60.2 Å². The molecular formula is C21H27N. The highest BCUT2D eigenvalue weighted by Gasteiger charge is 2.23.